The number of rotatable bonds is 8. The Morgan fingerprint density at radius 3 is 2.57 bits per heavy atom. The normalized spacial score (nSPS) is 13.6. The number of thiophene rings is 1. The molecule has 0 saturated carbocycles. The molecule has 2 heterocycles. The highest BCUT2D eigenvalue weighted by Gasteiger charge is 2.26. The van der Waals surface area contributed by atoms with Gasteiger partial charge < -0.3 is 15.3 Å². The third-order valence-corrected chi connectivity index (χ3v) is 5.67. The van der Waals surface area contributed by atoms with Gasteiger partial charge in [-0.05, 0) is 25.6 Å². The van der Waals surface area contributed by atoms with Gasteiger partial charge >= 0.3 is 5.97 Å². The Morgan fingerprint density at radius 1 is 1.25 bits per heavy atom. The molecular formula is C21H26N4O2S. The number of aliphatic carboxylic acids is 1. The van der Waals surface area contributed by atoms with Crippen molar-refractivity contribution in [2.24, 2.45) is 5.92 Å². The van der Waals surface area contributed by atoms with Gasteiger partial charge in [-0.15, -0.1) is 11.3 Å². The molecule has 6 nitrogen and oxygen atoms in total. The highest BCUT2D eigenvalue weighted by molar-refractivity contribution is 7.17. The molecule has 7 heteroatoms. The molecule has 3 rings (SSSR count). The van der Waals surface area contributed by atoms with E-state index in [9.17, 15) is 9.90 Å². The number of hydrogen-bond acceptors (Lipinski definition) is 6. The first-order valence-corrected chi connectivity index (χ1v) is 10.3. The van der Waals surface area contributed by atoms with Crippen molar-refractivity contribution in [3.63, 3.8) is 0 Å². The molecule has 1 aromatic carbocycles. The van der Waals surface area contributed by atoms with E-state index < -0.39 is 12.0 Å². The first-order chi connectivity index (χ1) is 13.4. The fourth-order valence-electron chi connectivity index (χ4n) is 3.10. The summed E-state index contributed by atoms with van der Waals surface area (Å²) in [5, 5.41) is 15.9. The Morgan fingerprint density at radius 2 is 1.96 bits per heavy atom. The van der Waals surface area contributed by atoms with Crippen LogP contribution in [0.25, 0.3) is 21.3 Å². The molecule has 0 bridgehead atoms. The number of carbonyl (C=O) groups is 1. The smallest absolute Gasteiger partial charge is 0.326 e. The van der Waals surface area contributed by atoms with Gasteiger partial charge in [-0.3, -0.25) is 0 Å². The fraction of sp³-hybridized carbons (Fsp3) is 0.381. The molecule has 0 saturated heterocycles. The second-order valence-electron chi connectivity index (χ2n) is 7.27. The molecule has 148 valence electrons. The molecule has 2 atom stereocenters. The molecule has 0 amide bonds. The number of anilines is 1. The molecule has 28 heavy (non-hydrogen) atoms. The van der Waals surface area contributed by atoms with Crippen molar-refractivity contribution >= 4 is 33.3 Å². The second-order valence-corrected chi connectivity index (χ2v) is 8.13. The first-order valence-electron chi connectivity index (χ1n) is 9.38. The fourth-order valence-corrected chi connectivity index (χ4v) is 4.07. The van der Waals surface area contributed by atoms with Gasteiger partial charge in [0.25, 0.3) is 0 Å². The minimum atomic E-state index is -0.869. The van der Waals surface area contributed by atoms with Crippen molar-refractivity contribution in [3.8, 4) is 11.1 Å². The summed E-state index contributed by atoms with van der Waals surface area (Å²) in [4.78, 5) is 24.2. The number of benzene rings is 1. The van der Waals surface area contributed by atoms with Crippen molar-refractivity contribution in [1.29, 1.82) is 0 Å². The van der Waals surface area contributed by atoms with Gasteiger partial charge in [-0.2, -0.15) is 0 Å². The van der Waals surface area contributed by atoms with Gasteiger partial charge in [0, 0.05) is 10.9 Å². The molecule has 0 fully saturated rings. The van der Waals surface area contributed by atoms with Crippen molar-refractivity contribution in [3.05, 3.63) is 41.5 Å². The summed E-state index contributed by atoms with van der Waals surface area (Å²) in [7, 11) is 3.92. The second kappa shape index (κ2) is 8.67. The maximum Gasteiger partial charge on any atom is 0.326 e. The van der Waals surface area contributed by atoms with Crippen LogP contribution in [0.15, 0.2) is 35.7 Å². The zero-order valence-corrected chi connectivity index (χ0v) is 17.5. The van der Waals surface area contributed by atoms with Gasteiger partial charge in [0.15, 0.2) is 0 Å². The van der Waals surface area contributed by atoms with Gasteiger partial charge in [0.05, 0.1) is 11.9 Å². The van der Waals surface area contributed by atoms with Crippen LogP contribution in [0.1, 0.15) is 26.1 Å². The van der Waals surface area contributed by atoms with Gasteiger partial charge in [-0.1, -0.05) is 50.6 Å². The first kappa shape index (κ1) is 20.2. The van der Waals surface area contributed by atoms with Crippen LogP contribution in [0.4, 0.5) is 5.82 Å². The number of nitrogens with zero attached hydrogens (tertiary/aromatic N) is 3. The van der Waals surface area contributed by atoms with E-state index in [0.717, 1.165) is 27.8 Å². The maximum absolute atomic E-state index is 11.9. The summed E-state index contributed by atoms with van der Waals surface area (Å²) in [5.74, 6) is 0.370. The minimum absolute atomic E-state index is 0.0291. The number of aromatic nitrogens is 2. The Balaban J connectivity index is 2.16. The quantitative estimate of drug-likeness (QED) is 0.588. The van der Waals surface area contributed by atoms with E-state index in [1.54, 1.807) is 11.3 Å². The third-order valence-electron chi connectivity index (χ3n) is 4.79. The molecule has 0 radical (unpaired) electrons. The van der Waals surface area contributed by atoms with Crippen LogP contribution in [0, 0.1) is 5.92 Å². The molecular weight excluding hydrogens is 372 g/mol. The predicted octanol–water partition coefficient (Wildman–Crippen LogP) is 4.33. The lowest BCUT2D eigenvalue weighted by Crippen LogP contribution is -2.36. The van der Waals surface area contributed by atoms with Crippen LogP contribution in [-0.4, -0.2) is 46.1 Å². The Hall–Kier alpha value is -2.51. The molecule has 3 aromatic rings. The predicted molar refractivity (Wildman–Crippen MR) is 115 cm³/mol. The zero-order chi connectivity index (χ0) is 20.3. The average molecular weight is 399 g/mol. The summed E-state index contributed by atoms with van der Waals surface area (Å²) in [6.45, 7) is 4.52. The van der Waals surface area contributed by atoms with Crippen LogP contribution < -0.4 is 5.32 Å². The maximum atomic E-state index is 11.9. The lowest BCUT2D eigenvalue weighted by atomic mass is 9.99. The van der Waals surface area contributed by atoms with Gasteiger partial charge in [0.1, 0.15) is 22.5 Å². The van der Waals surface area contributed by atoms with Crippen LogP contribution in [0.5, 0.6) is 0 Å². The highest BCUT2D eigenvalue weighted by Crippen LogP contribution is 2.37. The van der Waals surface area contributed by atoms with E-state index in [4.69, 9.17) is 9.97 Å². The number of carboxylic acid groups (broad SMARTS) is 1. The number of nitrogens with one attached hydrogen (secondary N) is 1. The molecule has 0 aliphatic heterocycles. The molecule has 0 unspecified atom stereocenters. The van der Waals surface area contributed by atoms with Gasteiger partial charge in [-0.25, -0.2) is 14.8 Å². The van der Waals surface area contributed by atoms with Crippen LogP contribution in [0.3, 0.4) is 0 Å². The highest BCUT2D eigenvalue weighted by atomic mass is 32.1. The van der Waals surface area contributed by atoms with Crippen molar-refractivity contribution in [2.75, 3.05) is 19.4 Å². The average Bonchev–Trinajstić information content (AvgIpc) is 3.09. The lowest BCUT2D eigenvalue weighted by molar-refractivity contribution is -0.139. The van der Waals surface area contributed by atoms with E-state index in [1.165, 1.54) is 0 Å². The molecule has 0 aliphatic carbocycles. The van der Waals surface area contributed by atoms with E-state index in [2.05, 4.69) is 10.7 Å². The Labute approximate surface area is 169 Å². The van der Waals surface area contributed by atoms with E-state index >= 15 is 0 Å². The van der Waals surface area contributed by atoms with Gasteiger partial charge in [0.2, 0.25) is 0 Å². The molecule has 2 aromatic heterocycles. The van der Waals surface area contributed by atoms with Crippen LogP contribution >= 0.6 is 11.3 Å². The SMILES string of the molecule is CC[C@H](C)[C@H](Nc1nc(CN(C)C)nc2scc(-c3ccccc3)c12)C(=O)O. The molecule has 2 N–H and O–H groups in total. The standard InChI is InChI=1S/C21H26N4O2S/c1-5-13(2)18(21(26)27)24-19-17-15(14-9-7-6-8-10-14)12-28-20(17)23-16(22-19)11-25(3)4/h6-10,12-13,18H,5,11H2,1-4H3,(H,26,27)(H,22,23,24)/t13-,18-/m0/s1. The monoisotopic (exact) mass is 398 g/mol. The molecule has 0 aliphatic rings. The van der Waals surface area contributed by atoms with Crippen molar-refractivity contribution in [2.45, 2.75) is 32.9 Å². The Bertz CT molecular complexity index is 956. The number of hydrogen-bond donors (Lipinski definition) is 2. The molecule has 0 spiro atoms. The summed E-state index contributed by atoms with van der Waals surface area (Å²) in [5.41, 5.74) is 2.09. The van der Waals surface area contributed by atoms with Crippen molar-refractivity contribution < 1.29 is 9.90 Å². The van der Waals surface area contributed by atoms with E-state index in [0.29, 0.717) is 18.2 Å². The topological polar surface area (TPSA) is 78.4 Å². The van der Waals surface area contributed by atoms with E-state index in [1.807, 2.05) is 63.2 Å². The number of carboxylic acids is 1. The Kier molecular flexibility index (Phi) is 6.26. The summed E-state index contributed by atoms with van der Waals surface area (Å²) in [6, 6.07) is 9.34. The van der Waals surface area contributed by atoms with Crippen molar-refractivity contribution in [1.82, 2.24) is 14.9 Å². The lowest BCUT2D eigenvalue weighted by Gasteiger charge is -2.22. The summed E-state index contributed by atoms with van der Waals surface area (Å²) < 4.78 is 0. The minimum Gasteiger partial charge on any atom is -0.480 e. The van der Waals surface area contributed by atoms with Crippen LogP contribution in [-0.2, 0) is 11.3 Å². The van der Waals surface area contributed by atoms with E-state index in [-0.39, 0.29) is 5.92 Å². The third kappa shape index (κ3) is 4.31. The largest absolute Gasteiger partial charge is 0.480 e. The zero-order valence-electron chi connectivity index (χ0n) is 16.6. The summed E-state index contributed by atoms with van der Waals surface area (Å²) in [6.07, 6.45) is 0.762. The van der Waals surface area contributed by atoms with Crippen LogP contribution in [0.2, 0.25) is 0 Å². The summed E-state index contributed by atoms with van der Waals surface area (Å²) >= 11 is 1.56. The number of fused-ring (bicyclic) bond motifs is 1.